The third-order valence-corrected chi connectivity index (χ3v) is 5.98. The first-order valence-electron chi connectivity index (χ1n) is 10.9. The average molecular weight is 472 g/mol. The van der Waals surface area contributed by atoms with Gasteiger partial charge >= 0.3 is 6.18 Å². The first kappa shape index (κ1) is 22.1. The molecule has 178 valence electrons. The molecule has 1 N–H and O–H groups in total. The zero-order chi connectivity index (χ0) is 24.2. The molecule has 0 atom stereocenters. The van der Waals surface area contributed by atoms with Crippen LogP contribution in [0.3, 0.4) is 0 Å². The van der Waals surface area contributed by atoms with Crippen molar-refractivity contribution in [3.05, 3.63) is 36.0 Å². The number of halogens is 3. The van der Waals surface area contributed by atoms with E-state index in [-0.39, 0.29) is 37.0 Å². The van der Waals surface area contributed by atoms with E-state index >= 15 is 0 Å². The number of nitrogens with one attached hydrogen (secondary N) is 1. The van der Waals surface area contributed by atoms with Crippen molar-refractivity contribution < 1.29 is 18.0 Å². The molecule has 0 saturated carbocycles. The van der Waals surface area contributed by atoms with Crippen LogP contribution in [0.4, 0.5) is 13.2 Å². The van der Waals surface area contributed by atoms with Crippen molar-refractivity contribution in [2.45, 2.75) is 52.0 Å². The number of H-pyrrole nitrogens is 1. The van der Waals surface area contributed by atoms with E-state index in [4.69, 9.17) is 0 Å². The van der Waals surface area contributed by atoms with Gasteiger partial charge in [-0.25, -0.2) is 0 Å². The summed E-state index contributed by atoms with van der Waals surface area (Å²) in [5.41, 5.74) is 1.46. The van der Waals surface area contributed by atoms with E-state index in [2.05, 4.69) is 25.4 Å². The van der Waals surface area contributed by atoms with Crippen molar-refractivity contribution in [1.82, 2.24) is 39.6 Å². The molecule has 34 heavy (non-hydrogen) atoms. The molecular weight excluding hydrogens is 449 g/mol. The maximum absolute atomic E-state index is 13.9. The molecule has 5 rings (SSSR count). The van der Waals surface area contributed by atoms with Crippen LogP contribution in [-0.2, 0) is 31.1 Å². The van der Waals surface area contributed by atoms with Crippen LogP contribution in [0.1, 0.15) is 38.1 Å². The zero-order valence-corrected chi connectivity index (χ0v) is 18.9. The summed E-state index contributed by atoms with van der Waals surface area (Å²) in [7, 11) is 1.77. The maximum atomic E-state index is 13.9. The highest BCUT2D eigenvalue weighted by atomic mass is 19.4. The summed E-state index contributed by atoms with van der Waals surface area (Å²) in [6.07, 6.45) is 0.544. The van der Waals surface area contributed by atoms with E-state index in [9.17, 15) is 18.0 Å². The lowest BCUT2D eigenvalue weighted by Crippen LogP contribution is -2.36. The standard InChI is InChI=1S/C22H23F3N8O/c1-12(2)33-11-18-16(9-31(3)29-18)17-7-13-14(8-26-21(13)28-27-17)15-10-32(6-4-5-19(33)34)30-20(15)22(23,24)25/h7-10,12H,4-6,11H2,1-3H3,(H,26,28). The maximum Gasteiger partial charge on any atom is 0.435 e. The van der Waals surface area contributed by atoms with Crippen LogP contribution >= 0.6 is 0 Å². The number of hydrogen-bond acceptors (Lipinski definition) is 5. The number of aromatic amines is 1. The Balaban J connectivity index is 1.74. The van der Waals surface area contributed by atoms with Crippen molar-refractivity contribution in [2.75, 3.05) is 0 Å². The number of carbonyl (C=O) groups is 1. The Hall–Kier alpha value is -3.70. The number of fused-ring (bicyclic) bond motifs is 6. The van der Waals surface area contributed by atoms with E-state index in [1.807, 2.05) is 13.8 Å². The summed E-state index contributed by atoms with van der Waals surface area (Å²) >= 11 is 0. The second-order valence-corrected chi connectivity index (χ2v) is 8.73. The average Bonchev–Trinajstić information content (AvgIpc) is 3.46. The number of aryl methyl sites for hydroxylation is 2. The molecule has 1 amide bonds. The van der Waals surface area contributed by atoms with Crippen LogP contribution in [-0.4, -0.2) is 51.6 Å². The summed E-state index contributed by atoms with van der Waals surface area (Å²) in [6, 6.07) is 1.61. The van der Waals surface area contributed by atoms with Gasteiger partial charge in [-0.2, -0.15) is 23.4 Å². The predicted molar refractivity (Wildman–Crippen MR) is 117 cm³/mol. The Morgan fingerprint density at radius 1 is 1.09 bits per heavy atom. The second kappa shape index (κ2) is 7.96. The van der Waals surface area contributed by atoms with Crippen molar-refractivity contribution in [3.63, 3.8) is 0 Å². The van der Waals surface area contributed by atoms with E-state index in [1.54, 1.807) is 28.9 Å². The number of hydrogen-bond donors (Lipinski definition) is 1. The van der Waals surface area contributed by atoms with Gasteiger partial charge in [0.25, 0.3) is 0 Å². The molecule has 12 heteroatoms. The Morgan fingerprint density at radius 2 is 1.88 bits per heavy atom. The highest BCUT2D eigenvalue weighted by Gasteiger charge is 2.38. The predicted octanol–water partition coefficient (Wildman–Crippen LogP) is 3.77. The molecule has 0 spiro atoms. The third kappa shape index (κ3) is 3.82. The summed E-state index contributed by atoms with van der Waals surface area (Å²) in [6.45, 7) is 4.31. The van der Waals surface area contributed by atoms with Crippen molar-refractivity contribution in [3.8, 4) is 22.4 Å². The molecule has 0 unspecified atom stereocenters. The molecule has 4 bridgehead atoms. The largest absolute Gasteiger partial charge is 0.435 e. The summed E-state index contributed by atoms with van der Waals surface area (Å²) in [5, 5.41) is 17.3. The first-order chi connectivity index (χ1) is 16.1. The molecule has 1 aliphatic heterocycles. The van der Waals surface area contributed by atoms with E-state index < -0.39 is 11.9 Å². The number of amides is 1. The van der Waals surface area contributed by atoms with Crippen LogP contribution in [0.5, 0.6) is 0 Å². The smallest absolute Gasteiger partial charge is 0.344 e. The molecule has 0 aromatic carbocycles. The normalized spacial score (nSPS) is 15.1. The van der Waals surface area contributed by atoms with Gasteiger partial charge in [-0.3, -0.25) is 14.2 Å². The van der Waals surface area contributed by atoms with Gasteiger partial charge in [-0.05, 0) is 26.3 Å². The van der Waals surface area contributed by atoms with Crippen LogP contribution in [0.25, 0.3) is 33.4 Å². The molecule has 0 radical (unpaired) electrons. The molecule has 1 aliphatic rings. The van der Waals surface area contributed by atoms with E-state index in [0.717, 1.165) is 0 Å². The molecule has 0 saturated heterocycles. The van der Waals surface area contributed by atoms with Gasteiger partial charge < -0.3 is 9.88 Å². The molecule has 0 aliphatic carbocycles. The first-order valence-corrected chi connectivity index (χ1v) is 10.9. The molecule has 5 heterocycles. The number of nitrogens with zero attached hydrogens (tertiary/aromatic N) is 7. The van der Waals surface area contributed by atoms with Gasteiger partial charge in [-0.15, -0.1) is 10.2 Å². The fourth-order valence-electron chi connectivity index (χ4n) is 4.34. The topological polar surface area (TPSA) is 97.5 Å². The number of aromatic nitrogens is 7. The monoisotopic (exact) mass is 472 g/mol. The summed E-state index contributed by atoms with van der Waals surface area (Å²) < 4.78 is 44.5. The molecule has 4 aromatic rings. The van der Waals surface area contributed by atoms with Crippen LogP contribution in [0, 0.1) is 0 Å². The van der Waals surface area contributed by atoms with Gasteiger partial charge in [0.05, 0.1) is 17.9 Å². The van der Waals surface area contributed by atoms with Crippen LogP contribution in [0.2, 0.25) is 0 Å². The van der Waals surface area contributed by atoms with Crippen LogP contribution < -0.4 is 0 Å². The molecule has 9 nitrogen and oxygen atoms in total. The minimum absolute atomic E-state index is 0.0471. The molecular formula is C22H23F3N8O. The summed E-state index contributed by atoms with van der Waals surface area (Å²) in [4.78, 5) is 17.7. The second-order valence-electron chi connectivity index (χ2n) is 8.73. The summed E-state index contributed by atoms with van der Waals surface area (Å²) in [5.74, 6) is -0.0991. The third-order valence-electron chi connectivity index (χ3n) is 5.98. The lowest BCUT2D eigenvalue weighted by Gasteiger charge is -2.26. The van der Waals surface area contributed by atoms with E-state index in [0.29, 0.717) is 40.0 Å². The number of carbonyl (C=O) groups excluding carboxylic acids is 1. The lowest BCUT2D eigenvalue weighted by atomic mass is 10.0. The quantitative estimate of drug-likeness (QED) is 0.455. The van der Waals surface area contributed by atoms with Gasteiger partial charge in [0.1, 0.15) is 0 Å². The Labute approximate surface area is 192 Å². The Kier molecular flexibility index (Phi) is 5.18. The van der Waals surface area contributed by atoms with Gasteiger partial charge in [-0.1, -0.05) is 0 Å². The fourth-order valence-corrected chi connectivity index (χ4v) is 4.34. The minimum Gasteiger partial charge on any atom is -0.344 e. The van der Waals surface area contributed by atoms with Gasteiger partial charge in [0.15, 0.2) is 11.3 Å². The molecule has 4 aromatic heterocycles. The van der Waals surface area contributed by atoms with Gasteiger partial charge in [0.2, 0.25) is 5.91 Å². The van der Waals surface area contributed by atoms with E-state index in [1.165, 1.54) is 17.1 Å². The SMILES string of the molecule is CC(C)N1Cc2nn(C)cc2-c2cc3c(c[nH]c3nn2)-c2cn(nc2C(F)(F)F)CCCC1=O. The Morgan fingerprint density at radius 3 is 2.62 bits per heavy atom. The molecule has 0 fully saturated rings. The Bertz CT molecular complexity index is 1380. The highest BCUT2D eigenvalue weighted by Crippen LogP contribution is 2.39. The van der Waals surface area contributed by atoms with Crippen molar-refractivity contribution in [2.24, 2.45) is 7.05 Å². The highest BCUT2D eigenvalue weighted by molar-refractivity contribution is 5.95. The van der Waals surface area contributed by atoms with Gasteiger partial charge in [0, 0.05) is 66.7 Å². The fraction of sp³-hybridized carbons (Fsp3) is 0.409. The zero-order valence-electron chi connectivity index (χ0n) is 18.9. The minimum atomic E-state index is -4.64. The van der Waals surface area contributed by atoms with Crippen LogP contribution in [0.15, 0.2) is 24.7 Å². The number of alkyl halides is 3. The van der Waals surface area contributed by atoms with Crippen molar-refractivity contribution >= 4 is 16.9 Å². The van der Waals surface area contributed by atoms with Crippen molar-refractivity contribution in [1.29, 1.82) is 0 Å². The lowest BCUT2D eigenvalue weighted by molar-refractivity contribution is -0.141. The number of rotatable bonds is 1.